The monoisotopic (exact) mass is 250 g/mol. The van der Waals surface area contributed by atoms with E-state index in [1.165, 1.54) is 0 Å². The topological polar surface area (TPSA) is 44.8 Å². The number of rotatable bonds is 6. The van der Waals surface area contributed by atoms with Gasteiger partial charge in [0.05, 0.1) is 13.7 Å². The van der Waals surface area contributed by atoms with Crippen LogP contribution in [0.5, 0.6) is 5.75 Å². The van der Waals surface area contributed by atoms with E-state index >= 15 is 0 Å². The molecule has 98 valence electrons. The smallest absolute Gasteiger partial charge is 0.369 e. The zero-order chi connectivity index (χ0) is 13.4. The van der Waals surface area contributed by atoms with Crippen LogP contribution in [-0.4, -0.2) is 19.7 Å². The second-order valence-corrected chi connectivity index (χ2v) is 3.57. The van der Waals surface area contributed by atoms with Crippen LogP contribution in [0.2, 0.25) is 0 Å². The molecule has 0 amide bonds. The summed E-state index contributed by atoms with van der Waals surface area (Å²) >= 11 is 0. The summed E-state index contributed by atoms with van der Waals surface area (Å²) in [6.07, 6.45) is 2.36. The SMILES string of the molecule is CCOOC(=O)C(=Cc1ccc(OC)cc1)CC. The van der Waals surface area contributed by atoms with Crippen LogP contribution in [0.3, 0.4) is 0 Å². The highest BCUT2D eigenvalue weighted by Gasteiger charge is 2.10. The summed E-state index contributed by atoms with van der Waals surface area (Å²) in [4.78, 5) is 20.9. The maximum Gasteiger partial charge on any atom is 0.369 e. The second-order valence-electron chi connectivity index (χ2n) is 3.57. The number of carbonyl (C=O) groups is 1. The summed E-state index contributed by atoms with van der Waals surface area (Å²) in [5.74, 6) is 0.331. The van der Waals surface area contributed by atoms with Gasteiger partial charge in [0.1, 0.15) is 5.75 Å². The van der Waals surface area contributed by atoms with Gasteiger partial charge in [0.25, 0.3) is 0 Å². The Morgan fingerprint density at radius 1 is 1.22 bits per heavy atom. The normalized spacial score (nSPS) is 11.2. The van der Waals surface area contributed by atoms with Crippen molar-refractivity contribution in [1.29, 1.82) is 0 Å². The first-order chi connectivity index (χ1) is 8.71. The highest BCUT2D eigenvalue weighted by atomic mass is 17.2. The van der Waals surface area contributed by atoms with Crippen LogP contribution in [0.15, 0.2) is 29.8 Å². The van der Waals surface area contributed by atoms with Crippen molar-refractivity contribution < 1.29 is 19.3 Å². The third kappa shape index (κ3) is 4.22. The summed E-state index contributed by atoms with van der Waals surface area (Å²) in [6.45, 7) is 3.99. The van der Waals surface area contributed by atoms with Gasteiger partial charge in [-0.15, -0.1) is 0 Å². The van der Waals surface area contributed by atoms with Crippen molar-refractivity contribution in [3.8, 4) is 5.75 Å². The molecular weight excluding hydrogens is 232 g/mol. The lowest BCUT2D eigenvalue weighted by molar-refractivity contribution is -0.265. The highest BCUT2D eigenvalue weighted by Crippen LogP contribution is 2.16. The summed E-state index contributed by atoms with van der Waals surface area (Å²) < 4.78 is 5.07. The van der Waals surface area contributed by atoms with Gasteiger partial charge < -0.3 is 4.74 Å². The van der Waals surface area contributed by atoms with Crippen molar-refractivity contribution in [3.63, 3.8) is 0 Å². The van der Waals surface area contributed by atoms with Gasteiger partial charge >= 0.3 is 5.97 Å². The number of methoxy groups -OCH3 is 1. The molecule has 4 nitrogen and oxygen atoms in total. The van der Waals surface area contributed by atoms with E-state index in [-0.39, 0.29) is 0 Å². The molecule has 0 aliphatic heterocycles. The molecule has 0 aliphatic carbocycles. The molecule has 0 saturated carbocycles. The third-order valence-electron chi connectivity index (χ3n) is 2.35. The van der Waals surface area contributed by atoms with Crippen molar-refractivity contribution in [2.75, 3.05) is 13.7 Å². The average molecular weight is 250 g/mol. The Morgan fingerprint density at radius 2 is 1.89 bits per heavy atom. The highest BCUT2D eigenvalue weighted by molar-refractivity contribution is 5.93. The maximum absolute atomic E-state index is 11.6. The van der Waals surface area contributed by atoms with E-state index in [4.69, 9.17) is 4.74 Å². The molecular formula is C14H18O4. The summed E-state index contributed by atoms with van der Waals surface area (Å²) in [5.41, 5.74) is 1.48. The number of hydrogen-bond donors (Lipinski definition) is 0. The predicted molar refractivity (Wildman–Crippen MR) is 69.0 cm³/mol. The molecule has 1 aromatic rings. The van der Waals surface area contributed by atoms with Crippen molar-refractivity contribution in [2.24, 2.45) is 0 Å². The first-order valence-corrected chi connectivity index (χ1v) is 5.89. The van der Waals surface area contributed by atoms with Crippen molar-refractivity contribution in [1.82, 2.24) is 0 Å². The minimum Gasteiger partial charge on any atom is -0.497 e. The molecule has 0 N–H and O–H groups in total. The van der Waals surface area contributed by atoms with Gasteiger partial charge in [0, 0.05) is 5.57 Å². The lowest BCUT2D eigenvalue weighted by atomic mass is 10.1. The molecule has 0 unspecified atom stereocenters. The van der Waals surface area contributed by atoms with E-state index in [1.54, 1.807) is 20.1 Å². The van der Waals surface area contributed by atoms with Gasteiger partial charge in [0.2, 0.25) is 0 Å². The van der Waals surface area contributed by atoms with Gasteiger partial charge in [-0.2, -0.15) is 4.89 Å². The lowest BCUT2D eigenvalue weighted by Gasteiger charge is -2.04. The van der Waals surface area contributed by atoms with Crippen LogP contribution < -0.4 is 4.74 Å². The molecule has 0 bridgehead atoms. The van der Waals surface area contributed by atoms with Gasteiger partial charge in [0.15, 0.2) is 0 Å². The van der Waals surface area contributed by atoms with Crippen LogP contribution >= 0.6 is 0 Å². The lowest BCUT2D eigenvalue weighted by Crippen LogP contribution is -2.08. The van der Waals surface area contributed by atoms with Crippen molar-refractivity contribution >= 4 is 12.0 Å². The molecule has 18 heavy (non-hydrogen) atoms. The maximum atomic E-state index is 11.6. The van der Waals surface area contributed by atoms with Crippen LogP contribution in [0.25, 0.3) is 6.08 Å². The van der Waals surface area contributed by atoms with E-state index in [9.17, 15) is 4.79 Å². The number of ether oxygens (including phenoxy) is 1. The first kappa shape index (κ1) is 14.3. The fourth-order valence-electron chi connectivity index (χ4n) is 1.37. The molecule has 0 atom stereocenters. The van der Waals surface area contributed by atoms with Crippen molar-refractivity contribution in [3.05, 3.63) is 35.4 Å². The fourth-order valence-corrected chi connectivity index (χ4v) is 1.37. The molecule has 4 heteroatoms. The molecule has 0 spiro atoms. The van der Waals surface area contributed by atoms with Crippen LogP contribution in [-0.2, 0) is 14.6 Å². The average Bonchev–Trinajstić information content (AvgIpc) is 2.42. The summed E-state index contributed by atoms with van der Waals surface area (Å²) in [5, 5.41) is 0. The predicted octanol–water partition coefficient (Wildman–Crippen LogP) is 2.98. The third-order valence-corrected chi connectivity index (χ3v) is 2.35. The molecule has 0 radical (unpaired) electrons. The second kappa shape index (κ2) is 7.50. The molecule has 1 rings (SSSR count). The summed E-state index contributed by atoms with van der Waals surface area (Å²) in [7, 11) is 1.61. The number of hydrogen-bond acceptors (Lipinski definition) is 4. The Balaban J connectivity index is 2.79. The van der Waals surface area contributed by atoms with E-state index < -0.39 is 5.97 Å². The zero-order valence-electron chi connectivity index (χ0n) is 10.9. The van der Waals surface area contributed by atoms with Gasteiger partial charge in [-0.05, 0) is 37.1 Å². The molecule has 0 fully saturated rings. The number of carbonyl (C=O) groups excluding carboxylic acids is 1. The molecule has 0 saturated heterocycles. The Morgan fingerprint density at radius 3 is 2.39 bits per heavy atom. The van der Waals surface area contributed by atoms with Gasteiger partial charge in [-0.25, -0.2) is 4.79 Å². The minimum absolute atomic E-state index is 0.339. The van der Waals surface area contributed by atoms with E-state index in [1.807, 2.05) is 31.2 Å². The Hall–Kier alpha value is -1.81. The minimum atomic E-state index is -0.449. The van der Waals surface area contributed by atoms with E-state index in [0.717, 1.165) is 11.3 Å². The zero-order valence-corrected chi connectivity index (χ0v) is 10.9. The van der Waals surface area contributed by atoms with Crippen LogP contribution in [0, 0.1) is 0 Å². The molecule has 1 aromatic carbocycles. The van der Waals surface area contributed by atoms with Crippen molar-refractivity contribution in [2.45, 2.75) is 20.3 Å². The first-order valence-electron chi connectivity index (χ1n) is 5.89. The Labute approximate surface area is 107 Å². The van der Waals surface area contributed by atoms with E-state index in [0.29, 0.717) is 18.6 Å². The summed E-state index contributed by atoms with van der Waals surface area (Å²) in [6, 6.07) is 7.44. The fraction of sp³-hybridized carbons (Fsp3) is 0.357. The van der Waals surface area contributed by atoms with Crippen LogP contribution in [0.4, 0.5) is 0 Å². The standard InChI is InChI=1S/C14H18O4/c1-4-12(14(15)18-17-5-2)10-11-6-8-13(16-3)9-7-11/h6-10H,4-5H2,1-3H3. The molecule has 0 aliphatic rings. The number of benzene rings is 1. The van der Waals surface area contributed by atoms with Crippen LogP contribution in [0.1, 0.15) is 25.8 Å². The largest absolute Gasteiger partial charge is 0.497 e. The van der Waals surface area contributed by atoms with Gasteiger partial charge in [-0.1, -0.05) is 19.1 Å². The van der Waals surface area contributed by atoms with E-state index in [2.05, 4.69) is 9.78 Å². The molecule has 0 heterocycles. The van der Waals surface area contributed by atoms with Gasteiger partial charge in [-0.3, -0.25) is 4.89 Å². The quantitative estimate of drug-likeness (QED) is 0.442. The molecule has 0 aromatic heterocycles. The Kier molecular flexibility index (Phi) is 5.94. The Bertz CT molecular complexity index is 406.